The minimum atomic E-state index is 0.0683. The van der Waals surface area contributed by atoms with E-state index in [0.717, 1.165) is 18.9 Å². The van der Waals surface area contributed by atoms with Crippen molar-refractivity contribution in [3.63, 3.8) is 0 Å². The van der Waals surface area contributed by atoms with Gasteiger partial charge in [0.1, 0.15) is 6.17 Å². The number of hydrogen-bond donors (Lipinski definition) is 1. The monoisotopic (exact) mass is 286 g/mol. The van der Waals surface area contributed by atoms with Gasteiger partial charge in [-0.2, -0.15) is 0 Å². The van der Waals surface area contributed by atoms with Gasteiger partial charge in [0, 0.05) is 6.54 Å². The Hall–Kier alpha value is -1.35. The van der Waals surface area contributed by atoms with Crippen molar-refractivity contribution in [2.45, 2.75) is 52.1 Å². The molecular formula is C18H26N2O. The summed E-state index contributed by atoms with van der Waals surface area (Å²) in [4.78, 5) is 14.3. The Kier molecular flexibility index (Phi) is 4.29. The molecule has 114 valence electrons. The second kappa shape index (κ2) is 6.18. The van der Waals surface area contributed by atoms with Gasteiger partial charge in [0.15, 0.2) is 0 Å². The van der Waals surface area contributed by atoms with Gasteiger partial charge in [-0.3, -0.25) is 10.1 Å². The maximum atomic E-state index is 12.2. The van der Waals surface area contributed by atoms with E-state index in [-0.39, 0.29) is 12.1 Å². The Morgan fingerprint density at radius 2 is 2.00 bits per heavy atom. The van der Waals surface area contributed by atoms with Gasteiger partial charge in [-0.25, -0.2) is 0 Å². The number of benzene rings is 1. The molecule has 0 aromatic heterocycles. The third-order valence-corrected chi connectivity index (χ3v) is 5.06. The minimum Gasteiger partial charge on any atom is -0.322 e. The first-order valence-electron chi connectivity index (χ1n) is 8.25. The first kappa shape index (κ1) is 14.6. The van der Waals surface area contributed by atoms with E-state index in [1.54, 1.807) is 0 Å². The van der Waals surface area contributed by atoms with Crippen LogP contribution in [-0.2, 0) is 4.79 Å². The van der Waals surface area contributed by atoms with Crippen LogP contribution in [0.5, 0.6) is 0 Å². The molecule has 1 aliphatic heterocycles. The third kappa shape index (κ3) is 3.13. The number of carbonyl (C=O) groups is 1. The summed E-state index contributed by atoms with van der Waals surface area (Å²) in [5, 5.41) is 3.39. The molecule has 1 unspecified atom stereocenters. The molecule has 1 aromatic carbocycles. The Morgan fingerprint density at radius 1 is 1.24 bits per heavy atom. The molecule has 1 heterocycles. The summed E-state index contributed by atoms with van der Waals surface area (Å²) in [6.45, 7) is 5.62. The lowest BCUT2D eigenvalue weighted by Crippen LogP contribution is -2.32. The van der Waals surface area contributed by atoms with Crippen LogP contribution in [0.2, 0.25) is 0 Å². The predicted octanol–water partition coefficient (Wildman–Crippen LogP) is 3.31. The van der Waals surface area contributed by atoms with Gasteiger partial charge in [0.25, 0.3) is 0 Å². The summed E-state index contributed by atoms with van der Waals surface area (Å²) in [7, 11) is 0. The average molecular weight is 286 g/mol. The van der Waals surface area contributed by atoms with E-state index >= 15 is 0 Å². The summed E-state index contributed by atoms with van der Waals surface area (Å²) in [5.41, 5.74) is 3.78. The highest BCUT2D eigenvalue weighted by Gasteiger charge is 2.32. The molecule has 3 heteroatoms. The molecule has 1 aromatic rings. The smallest absolute Gasteiger partial charge is 0.238 e. The molecule has 21 heavy (non-hydrogen) atoms. The number of amides is 1. The standard InChI is InChI=1S/C18H26N2O/c1-13-7-8-14(2)16(11-13)18-19-12-17(21)20(18)10-9-15-5-3-4-6-15/h7-8,11,15,18-19H,3-6,9-10,12H2,1-2H3. The number of nitrogens with zero attached hydrogens (tertiary/aromatic N) is 1. The molecule has 3 nitrogen and oxygen atoms in total. The maximum Gasteiger partial charge on any atom is 0.238 e. The van der Waals surface area contributed by atoms with Crippen molar-refractivity contribution in [1.82, 2.24) is 10.2 Å². The summed E-state index contributed by atoms with van der Waals surface area (Å²) >= 11 is 0. The van der Waals surface area contributed by atoms with Gasteiger partial charge in [-0.15, -0.1) is 0 Å². The average Bonchev–Trinajstić information content (AvgIpc) is 3.09. The second-order valence-electron chi connectivity index (χ2n) is 6.67. The molecule has 0 radical (unpaired) electrons. The molecule has 2 aliphatic rings. The highest BCUT2D eigenvalue weighted by Crippen LogP contribution is 2.31. The molecule has 1 saturated heterocycles. The largest absolute Gasteiger partial charge is 0.322 e. The molecule has 1 atom stereocenters. The molecule has 0 bridgehead atoms. The molecule has 1 saturated carbocycles. The molecule has 2 fully saturated rings. The van der Waals surface area contributed by atoms with Crippen molar-refractivity contribution in [3.8, 4) is 0 Å². The van der Waals surface area contributed by atoms with E-state index in [0.29, 0.717) is 6.54 Å². The van der Waals surface area contributed by atoms with Crippen molar-refractivity contribution >= 4 is 5.91 Å². The summed E-state index contributed by atoms with van der Waals surface area (Å²) < 4.78 is 0. The van der Waals surface area contributed by atoms with Crippen molar-refractivity contribution in [2.75, 3.05) is 13.1 Å². The first-order valence-corrected chi connectivity index (χ1v) is 8.25. The Labute approximate surface area is 127 Å². The lowest BCUT2D eigenvalue weighted by molar-refractivity contribution is -0.128. The van der Waals surface area contributed by atoms with Gasteiger partial charge in [-0.1, -0.05) is 49.4 Å². The van der Waals surface area contributed by atoms with Gasteiger partial charge in [0.2, 0.25) is 5.91 Å². The predicted molar refractivity (Wildman–Crippen MR) is 84.9 cm³/mol. The SMILES string of the molecule is Cc1ccc(C)c(C2NCC(=O)N2CCC2CCCC2)c1. The summed E-state index contributed by atoms with van der Waals surface area (Å²) in [6, 6.07) is 6.51. The van der Waals surface area contributed by atoms with Crippen LogP contribution in [0.15, 0.2) is 18.2 Å². The van der Waals surface area contributed by atoms with Gasteiger partial charge >= 0.3 is 0 Å². The van der Waals surface area contributed by atoms with Crippen LogP contribution in [0.25, 0.3) is 0 Å². The van der Waals surface area contributed by atoms with Crippen LogP contribution in [0, 0.1) is 19.8 Å². The molecular weight excluding hydrogens is 260 g/mol. The van der Waals surface area contributed by atoms with Crippen LogP contribution >= 0.6 is 0 Å². The van der Waals surface area contributed by atoms with Gasteiger partial charge < -0.3 is 4.90 Å². The zero-order valence-corrected chi connectivity index (χ0v) is 13.2. The minimum absolute atomic E-state index is 0.0683. The topological polar surface area (TPSA) is 32.3 Å². The summed E-state index contributed by atoms with van der Waals surface area (Å²) in [6.07, 6.45) is 6.68. The van der Waals surface area contributed by atoms with Crippen molar-refractivity contribution in [1.29, 1.82) is 0 Å². The Morgan fingerprint density at radius 3 is 2.76 bits per heavy atom. The molecule has 1 N–H and O–H groups in total. The Bertz CT molecular complexity index is 520. The zero-order chi connectivity index (χ0) is 14.8. The van der Waals surface area contributed by atoms with Crippen molar-refractivity contribution < 1.29 is 4.79 Å². The van der Waals surface area contributed by atoms with E-state index in [2.05, 4.69) is 42.3 Å². The van der Waals surface area contributed by atoms with E-state index in [1.165, 1.54) is 42.4 Å². The number of hydrogen-bond acceptors (Lipinski definition) is 2. The maximum absolute atomic E-state index is 12.2. The fourth-order valence-electron chi connectivity index (χ4n) is 3.75. The van der Waals surface area contributed by atoms with Crippen LogP contribution < -0.4 is 5.32 Å². The summed E-state index contributed by atoms with van der Waals surface area (Å²) in [5.74, 6) is 1.08. The number of aryl methyl sites for hydroxylation is 2. The normalized spacial score (nSPS) is 23.2. The molecule has 3 rings (SSSR count). The van der Waals surface area contributed by atoms with E-state index in [9.17, 15) is 4.79 Å². The molecule has 1 aliphatic carbocycles. The van der Waals surface area contributed by atoms with Gasteiger partial charge in [-0.05, 0) is 37.3 Å². The van der Waals surface area contributed by atoms with Crippen LogP contribution in [0.3, 0.4) is 0 Å². The van der Waals surface area contributed by atoms with Crippen LogP contribution in [0.1, 0.15) is 55.0 Å². The fraction of sp³-hybridized carbons (Fsp3) is 0.611. The van der Waals surface area contributed by atoms with Crippen molar-refractivity contribution in [2.24, 2.45) is 5.92 Å². The first-order chi connectivity index (χ1) is 10.1. The highest BCUT2D eigenvalue weighted by atomic mass is 16.2. The third-order valence-electron chi connectivity index (χ3n) is 5.06. The van der Waals surface area contributed by atoms with E-state index in [4.69, 9.17) is 0 Å². The quantitative estimate of drug-likeness (QED) is 0.921. The molecule has 1 amide bonds. The van der Waals surface area contributed by atoms with Gasteiger partial charge in [0.05, 0.1) is 6.54 Å². The van der Waals surface area contributed by atoms with Crippen molar-refractivity contribution in [3.05, 3.63) is 34.9 Å². The lowest BCUT2D eigenvalue weighted by atomic mass is 10.0. The highest BCUT2D eigenvalue weighted by molar-refractivity contribution is 5.81. The zero-order valence-electron chi connectivity index (χ0n) is 13.2. The Balaban J connectivity index is 1.73. The van der Waals surface area contributed by atoms with E-state index in [1.807, 2.05) is 0 Å². The fourth-order valence-corrected chi connectivity index (χ4v) is 3.75. The molecule has 0 spiro atoms. The number of nitrogens with one attached hydrogen (secondary N) is 1. The van der Waals surface area contributed by atoms with Crippen LogP contribution in [-0.4, -0.2) is 23.9 Å². The number of carbonyl (C=O) groups excluding carboxylic acids is 1. The lowest BCUT2D eigenvalue weighted by Gasteiger charge is -2.27. The van der Waals surface area contributed by atoms with E-state index < -0.39 is 0 Å². The second-order valence-corrected chi connectivity index (χ2v) is 6.67. The number of rotatable bonds is 4. The van der Waals surface area contributed by atoms with Crippen LogP contribution in [0.4, 0.5) is 0 Å².